The van der Waals surface area contributed by atoms with E-state index in [2.05, 4.69) is 41.2 Å². The lowest BCUT2D eigenvalue weighted by molar-refractivity contribution is 0.209. The van der Waals surface area contributed by atoms with Crippen molar-refractivity contribution in [2.45, 2.75) is 58.0 Å². The molecule has 1 aromatic heterocycles. The molecular weight excluding hydrogens is 338 g/mol. The highest BCUT2D eigenvalue weighted by molar-refractivity contribution is 5.22. The molecule has 1 aliphatic rings. The van der Waals surface area contributed by atoms with Gasteiger partial charge in [0.05, 0.1) is 0 Å². The van der Waals surface area contributed by atoms with E-state index in [4.69, 9.17) is 4.42 Å². The predicted octanol–water partition coefficient (Wildman–Crippen LogP) is 4.11. The Morgan fingerprint density at radius 2 is 1.92 bits per heavy atom. The minimum absolute atomic E-state index is 0.124. The van der Waals surface area contributed by atoms with E-state index in [9.17, 15) is 8.78 Å². The molecule has 5 nitrogen and oxygen atoms in total. The standard InChI is InChI=1S/C19H26F2N4O/c1-4-19(2,3)17-23-24-18(26-17)22-14-7-9-25(10-8-14)12-13-5-6-15(20)16(21)11-13/h5-6,11,14H,4,7-10,12H2,1-3H3,(H,22,24). The van der Waals surface area contributed by atoms with Gasteiger partial charge in [-0.25, -0.2) is 8.78 Å². The zero-order valence-electron chi connectivity index (χ0n) is 15.6. The molecule has 3 rings (SSSR count). The molecule has 7 heteroatoms. The predicted molar refractivity (Wildman–Crippen MR) is 95.9 cm³/mol. The fraction of sp³-hybridized carbons (Fsp3) is 0.579. The van der Waals surface area contributed by atoms with E-state index in [0.29, 0.717) is 18.5 Å². The monoisotopic (exact) mass is 364 g/mol. The van der Waals surface area contributed by atoms with Gasteiger partial charge in [0.25, 0.3) is 0 Å². The molecule has 1 aliphatic heterocycles. The van der Waals surface area contributed by atoms with Crippen LogP contribution in [0.5, 0.6) is 0 Å². The number of likely N-dealkylation sites (tertiary alicyclic amines) is 1. The summed E-state index contributed by atoms with van der Waals surface area (Å²) in [6.45, 7) is 8.64. The van der Waals surface area contributed by atoms with Crippen molar-refractivity contribution < 1.29 is 13.2 Å². The van der Waals surface area contributed by atoms with Gasteiger partial charge >= 0.3 is 6.01 Å². The topological polar surface area (TPSA) is 54.2 Å². The second-order valence-corrected chi connectivity index (χ2v) is 7.59. The molecular formula is C19H26F2N4O. The van der Waals surface area contributed by atoms with Crippen molar-refractivity contribution >= 4 is 6.01 Å². The summed E-state index contributed by atoms with van der Waals surface area (Å²) in [5, 5.41) is 11.6. The maximum Gasteiger partial charge on any atom is 0.315 e. The summed E-state index contributed by atoms with van der Waals surface area (Å²) in [6, 6.07) is 4.84. The second-order valence-electron chi connectivity index (χ2n) is 7.59. The number of piperidine rings is 1. The Kier molecular flexibility index (Phi) is 5.55. The molecule has 0 saturated carbocycles. The van der Waals surface area contributed by atoms with E-state index < -0.39 is 11.6 Å². The molecule has 0 amide bonds. The van der Waals surface area contributed by atoms with Crippen molar-refractivity contribution in [2.24, 2.45) is 0 Å². The Morgan fingerprint density at radius 1 is 1.19 bits per heavy atom. The SMILES string of the molecule is CCC(C)(C)c1nnc(NC2CCN(Cc3ccc(F)c(F)c3)CC2)o1. The number of benzene rings is 1. The van der Waals surface area contributed by atoms with E-state index in [1.165, 1.54) is 12.1 Å². The molecule has 26 heavy (non-hydrogen) atoms. The van der Waals surface area contributed by atoms with Crippen LogP contribution in [0, 0.1) is 11.6 Å². The highest BCUT2D eigenvalue weighted by Gasteiger charge is 2.26. The minimum Gasteiger partial charge on any atom is -0.408 e. The Balaban J connectivity index is 1.50. The first-order valence-electron chi connectivity index (χ1n) is 9.14. The van der Waals surface area contributed by atoms with Crippen LogP contribution in [0.2, 0.25) is 0 Å². The fourth-order valence-electron chi connectivity index (χ4n) is 3.01. The number of hydrogen-bond donors (Lipinski definition) is 1. The number of nitrogens with one attached hydrogen (secondary N) is 1. The van der Waals surface area contributed by atoms with Crippen LogP contribution < -0.4 is 5.32 Å². The third-order valence-electron chi connectivity index (χ3n) is 5.19. The van der Waals surface area contributed by atoms with Crippen LogP contribution in [0.4, 0.5) is 14.8 Å². The molecule has 0 bridgehead atoms. The molecule has 1 saturated heterocycles. The Bertz CT molecular complexity index is 739. The number of aromatic nitrogens is 2. The lowest BCUT2D eigenvalue weighted by atomic mass is 9.90. The molecule has 0 atom stereocenters. The summed E-state index contributed by atoms with van der Waals surface area (Å²) in [5.41, 5.74) is 0.666. The van der Waals surface area contributed by atoms with Crippen molar-refractivity contribution in [1.29, 1.82) is 0 Å². The zero-order valence-corrected chi connectivity index (χ0v) is 15.6. The molecule has 142 valence electrons. The van der Waals surface area contributed by atoms with E-state index in [0.717, 1.165) is 37.9 Å². The maximum atomic E-state index is 13.3. The molecule has 0 radical (unpaired) electrons. The molecule has 0 spiro atoms. The van der Waals surface area contributed by atoms with E-state index >= 15 is 0 Å². The Morgan fingerprint density at radius 3 is 2.58 bits per heavy atom. The molecule has 1 fully saturated rings. The summed E-state index contributed by atoms with van der Waals surface area (Å²) in [5.74, 6) is -0.943. The molecule has 1 aromatic carbocycles. The molecule has 0 aliphatic carbocycles. The minimum atomic E-state index is -0.804. The van der Waals surface area contributed by atoms with E-state index in [1.807, 2.05) is 0 Å². The van der Waals surface area contributed by atoms with Crippen molar-refractivity contribution in [1.82, 2.24) is 15.1 Å². The average molecular weight is 364 g/mol. The van der Waals surface area contributed by atoms with Crippen molar-refractivity contribution in [2.75, 3.05) is 18.4 Å². The van der Waals surface area contributed by atoms with Crippen molar-refractivity contribution in [3.63, 3.8) is 0 Å². The third kappa shape index (κ3) is 4.38. The van der Waals surface area contributed by atoms with Gasteiger partial charge in [0.15, 0.2) is 11.6 Å². The Hall–Kier alpha value is -2.02. The van der Waals surface area contributed by atoms with Gasteiger partial charge < -0.3 is 9.73 Å². The Labute approximate surface area is 152 Å². The molecule has 2 aromatic rings. The maximum absolute atomic E-state index is 13.3. The molecule has 0 unspecified atom stereocenters. The van der Waals surface area contributed by atoms with Crippen molar-refractivity contribution in [3.8, 4) is 0 Å². The number of rotatable bonds is 6. The summed E-state index contributed by atoms with van der Waals surface area (Å²) >= 11 is 0. The first-order valence-corrected chi connectivity index (χ1v) is 9.14. The van der Waals surface area contributed by atoms with Gasteiger partial charge in [-0.3, -0.25) is 4.90 Å². The number of nitrogens with zero attached hydrogens (tertiary/aromatic N) is 3. The van der Waals surface area contributed by atoms with Crippen molar-refractivity contribution in [3.05, 3.63) is 41.3 Å². The second kappa shape index (κ2) is 7.70. The number of halogens is 2. The van der Waals surface area contributed by atoms with Crippen LogP contribution in [-0.4, -0.2) is 34.2 Å². The first kappa shape index (κ1) is 18.8. The zero-order chi connectivity index (χ0) is 18.7. The third-order valence-corrected chi connectivity index (χ3v) is 5.19. The average Bonchev–Trinajstić information content (AvgIpc) is 3.09. The smallest absolute Gasteiger partial charge is 0.315 e. The van der Waals surface area contributed by atoms with Gasteiger partial charge in [-0.05, 0) is 37.0 Å². The number of anilines is 1. The lowest BCUT2D eigenvalue weighted by Gasteiger charge is -2.32. The fourth-order valence-corrected chi connectivity index (χ4v) is 3.01. The van der Waals surface area contributed by atoms with Gasteiger partial charge in [-0.15, -0.1) is 5.10 Å². The quantitative estimate of drug-likeness (QED) is 0.836. The highest BCUT2D eigenvalue weighted by Crippen LogP contribution is 2.27. The van der Waals surface area contributed by atoms with Crippen LogP contribution in [0.3, 0.4) is 0 Å². The molecule has 2 heterocycles. The van der Waals surface area contributed by atoms with E-state index in [-0.39, 0.29) is 11.5 Å². The van der Waals surface area contributed by atoms with Gasteiger partial charge in [0, 0.05) is 31.1 Å². The molecule has 1 N–H and O–H groups in total. The highest BCUT2D eigenvalue weighted by atomic mass is 19.2. The van der Waals surface area contributed by atoms with Crippen LogP contribution in [0.15, 0.2) is 22.6 Å². The van der Waals surface area contributed by atoms with Gasteiger partial charge in [0.2, 0.25) is 5.89 Å². The van der Waals surface area contributed by atoms with E-state index in [1.54, 1.807) is 6.07 Å². The lowest BCUT2D eigenvalue weighted by Crippen LogP contribution is -2.38. The largest absolute Gasteiger partial charge is 0.408 e. The summed E-state index contributed by atoms with van der Waals surface area (Å²) in [7, 11) is 0. The van der Waals surface area contributed by atoms with Crippen LogP contribution >= 0.6 is 0 Å². The van der Waals surface area contributed by atoms with Gasteiger partial charge in [-0.2, -0.15) is 0 Å². The van der Waals surface area contributed by atoms with Crippen LogP contribution in [-0.2, 0) is 12.0 Å². The van der Waals surface area contributed by atoms with Gasteiger partial charge in [-0.1, -0.05) is 31.9 Å². The summed E-state index contributed by atoms with van der Waals surface area (Å²) in [6.07, 6.45) is 2.79. The normalized spacial score (nSPS) is 16.8. The van der Waals surface area contributed by atoms with Gasteiger partial charge in [0.1, 0.15) is 0 Å². The number of hydrogen-bond acceptors (Lipinski definition) is 5. The first-order chi connectivity index (χ1) is 12.4. The summed E-state index contributed by atoms with van der Waals surface area (Å²) < 4.78 is 32.1. The van der Waals surface area contributed by atoms with Crippen LogP contribution in [0.25, 0.3) is 0 Å². The summed E-state index contributed by atoms with van der Waals surface area (Å²) in [4.78, 5) is 2.24. The van der Waals surface area contributed by atoms with Crippen LogP contribution in [0.1, 0.15) is 51.5 Å².